The molecule has 2 aromatic carbocycles. The van der Waals surface area contributed by atoms with E-state index in [0.29, 0.717) is 48.4 Å². The van der Waals surface area contributed by atoms with Crippen LogP contribution in [0.4, 0.5) is 10.1 Å². The molecule has 2 amide bonds. The van der Waals surface area contributed by atoms with Crippen molar-refractivity contribution in [1.82, 2.24) is 4.90 Å². The molecule has 2 heterocycles. The van der Waals surface area contributed by atoms with Crippen LogP contribution >= 0.6 is 0 Å². The highest BCUT2D eigenvalue weighted by molar-refractivity contribution is 6.10. The van der Waals surface area contributed by atoms with Crippen molar-refractivity contribution < 1.29 is 18.7 Å². The lowest BCUT2D eigenvalue weighted by atomic mass is 9.97. The summed E-state index contributed by atoms with van der Waals surface area (Å²) in [6.45, 7) is 4.49. The summed E-state index contributed by atoms with van der Waals surface area (Å²) in [5.74, 6) is -0.804. The molecule has 1 fully saturated rings. The number of fused-ring (bicyclic) bond motifs is 2. The van der Waals surface area contributed by atoms with Crippen molar-refractivity contribution in [2.75, 3.05) is 18.5 Å². The second-order valence-corrected chi connectivity index (χ2v) is 7.01. The quantitative estimate of drug-likeness (QED) is 0.825. The highest BCUT2D eigenvalue weighted by atomic mass is 19.1. The van der Waals surface area contributed by atoms with Crippen molar-refractivity contribution in [2.45, 2.75) is 25.0 Å². The highest BCUT2D eigenvalue weighted by Gasteiger charge is 2.40. The second kappa shape index (κ2) is 7.56. The van der Waals surface area contributed by atoms with Gasteiger partial charge in [0.1, 0.15) is 11.9 Å². The van der Waals surface area contributed by atoms with Crippen molar-refractivity contribution >= 4 is 17.5 Å². The number of carbonyl (C=O) groups is 2. The maximum atomic E-state index is 14.2. The third kappa shape index (κ3) is 3.31. The third-order valence-electron chi connectivity index (χ3n) is 5.26. The zero-order valence-electron chi connectivity index (χ0n) is 15.4. The minimum atomic E-state index is -0.583. The number of rotatable bonds is 4. The maximum absolute atomic E-state index is 14.2. The standard InChI is InChI=1S/C22H21FN2O3/c1-2-11-28-15-9-10-25-20(13-15)21(26)24-19-8-7-14(12-17(19)22(25)27)16-5-3-4-6-18(16)23/h2-8,12,15,20H,1,9-11,13H2,(H,24,26)/t15-,20-/m0/s1. The van der Waals surface area contributed by atoms with Gasteiger partial charge in [0, 0.05) is 18.5 Å². The zero-order valence-corrected chi connectivity index (χ0v) is 15.4. The van der Waals surface area contributed by atoms with Gasteiger partial charge in [-0.3, -0.25) is 9.59 Å². The number of nitrogens with zero attached hydrogens (tertiary/aromatic N) is 1. The summed E-state index contributed by atoms with van der Waals surface area (Å²) >= 11 is 0. The Hall–Kier alpha value is -2.99. The molecule has 0 bridgehead atoms. The average Bonchev–Trinajstić information content (AvgIpc) is 2.81. The molecule has 0 spiro atoms. The van der Waals surface area contributed by atoms with Crippen molar-refractivity contribution in [1.29, 1.82) is 0 Å². The monoisotopic (exact) mass is 380 g/mol. The molecule has 6 heteroatoms. The van der Waals surface area contributed by atoms with E-state index in [1.807, 2.05) is 0 Å². The fourth-order valence-electron chi connectivity index (χ4n) is 3.84. The molecule has 0 saturated carbocycles. The van der Waals surface area contributed by atoms with Gasteiger partial charge in [-0.25, -0.2) is 4.39 Å². The van der Waals surface area contributed by atoms with Gasteiger partial charge in [0.2, 0.25) is 5.91 Å². The number of piperidine rings is 1. The van der Waals surface area contributed by atoms with Crippen LogP contribution < -0.4 is 5.32 Å². The molecular formula is C22H21FN2O3. The van der Waals surface area contributed by atoms with E-state index in [1.54, 1.807) is 47.4 Å². The summed E-state index contributed by atoms with van der Waals surface area (Å²) in [7, 11) is 0. The van der Waals surface area contributed by atoms with E-state index in [-0.39, 0.29) is 23.7 Å². The van der Waals surface area contributed by atoms with E-state index < -0.39 is 6.04 Å². The summed E-state index contributed by atoms with van der Waals surface area (Å²) in [5, 5.41) is 2.85. The molecular weight excluding hydrogens is 359 g/mol. The molecule has 1 N–H and O–H groups in total. The average molecular weight is 380 g/mol. The summed E-state index contributed by atoms with van der Waals surface area (Å²) in [4.78, 5) is 27.5. The fraction of sp³-hybridized carbons (Fsp3) is 0.273. The van der Waals surface area contributed by atoms with Crippen LogP contribution in [0.25, 0.3) is 11.1 Å². The number of hydrogen-bond donors (Lipinski definition) is 1. The van der Waals surface area contributed by atoms with Gasteiger partial charge in [-0.1, -0.05) is 30.3 Å². The van der Waals surface area contributed by atoms with Crippen LogP contribution in [-0.4, -0.2) is 42.0 Å². The molecule has 2 aromatic rings. The van der Waals surface area contributed by atoms with E-state index in [9.17, 15) is 14.0 Å². The Bertz CT molecular complexity index is 943. The molecule has 0 aliphatic carbocycles. The van der Waals surface area contributed by atoms with Gasteiger partial charge in [-0.2, -0.15) is 0 Å². The Morgan fingerprint density at radius 2 is 2.04 bits per heavy atom. The molecule has 2 aliphatic rings. The van der Waals surface area contributed by atoms with Gasteiger partial charge in [0.25, 0.3) is 5.91 Å². The van der Waals surface area contributed by atoms with Gasteiger partial charge in [0.15, 0.2) is 0 Å². The number of amides is 2. The highest BCUT2D eigenvalue weighted by Crippen LogP contribution is 2.33. The van der Waals surface area contributed by atoms with Crippen LogP contribution in [0.1, 0.15) is 23.2 Å². The Balaban J connectivity index is 1.66. The van der Waals surface area contributed by atoms with E-state index >= 15 is 0 Å². The van der Waals surface area contributed by atoms with Crippen molar-refractivity contribution in [3.63, 3.8) is 0 Å². The number of benzene rings is 2. The first-order chi connectivity index (χ1) is 13.6. The first-order valence-electron chi connectivity index (χ1n) is 9.31. The molecule has 0 unspecified atom stereocenters. The first kappa shape index (κ1) is 18.4. The van der Waals surface area contributed by atoms with Gasteiger partial charge in [-0.15, -0.1) is 6.58 Å². The normalized spacial score (nSPS) is 21.4. The minimum absolute atomic E-state index is 0.0898. The SMILES string of the molecule is C=CCO[C@H]1CCN2C(=O)c3cc(-c4ccccc4F)ccc3NC(=O)[C@@H]2C1. The first-order valence-corrected chi connectivity index (χ1v) is 9.31. The van der Waals surface area contributed by atoms with Crippen LogP contribution in [0.5, 0.6) is 0 Å². The Morgan fingerprint density at radius 3 is 2.82 bits per heavy atom. The predicted octanol–water partition coefficient (Wildman–Crippen LogP) is 3.62. The summed E-state index contributed by atoms with van der Waals surface area (Å²) in [6, 6.07) is 10.9. The lowest BCUT2D eigenvalue weighted by molar-refractivity contribution is -0.123. The smallest absolute Gasteiger partial charge is 0.256 e. The van der Waals surface area contributed by atoms with Crippen LogP contribution in [0.2, 0.25) is 0 Å². The number of nitrogens with one attached hydrogen (secondary N) is 1. The van der Waals surface area contributed by atoms with Crippen molar-refractivity contribution in [3.8, 4) is 11.1 Å². The van der Waals surface area contributed by atoms with E-state index in [0.717, 1.165) is 0 Å². The van der Waals surface area contributed by atoms with Gasteiger partial charge < -0.3 is 15.0 Å². The molecule has 5 nitrogen and oxygen atoms in total. The zero-order chi connectivity index (χ0) is 19.7. The second-order valence-electron chi connectivity index (χ2n) is 7.01. The Labute approximate surface area is 162 Å². The molecule has 0 radical (unpaired) electrons. The third-order valence-corrected chi connectivity index (χ3v) is 5.26. The van der Waals surface area contributed by atoms with Gasteiger partial charge in [0.05, 0.1) is 24.0 Å². The van der Waals surface area contributed by atoms with E-state index in [4.69, 9.17) is 4.74 Å². The van der Waals surface area contributed by atoms with Crippen LogP contribution in [-0.2, 0) is 9.53 Å². The van der Waals surface area contributed by atoms with Crippen LogP contribution in [0, 0.1) is 5.82 Å². The van der Waals surface area contributed by atoms with Crippen molar-refractivity contribution in [3.05, 3.63) is 66.5 Å². The van der Waals surface area contributed by atoms with Crippen LogP contribution in [0.3, 0.4) is 0 Å². The number of halogens is 1. The number of carbonyl (C=O) groups excluding carboxylic acids is 2. The van der Waals surface area contributed by atoms with Gasteiger partial charge in [-0.05, 0) is 30.2 Å². The number of hydrogen-bond acceptors (Lipinski definition) is 3. The van der Waals surface area contributed by atoms with E-state index in [1.165, 1.54) is 6.07 Å². The fourth-order valence-corrected chi connectivity index (χ4v) is 3.84. The van der Waals surface area contributed by atoms with E-state index in [2.05, 4.69) is 11.9 Å². The maximum Gasteiger partial charge on any atom is 0.256 e. The summed E-state index contributed by atoms with van der Waals surface area (Å²) in [5.41, 5.74) is 1.85. The largest absolute Gasteiger partial charge is 0.374 e. The lowest BCUT2D eigenvalue weighted by Gasteiger charge is -2.36. The number of anilines is 1. The molecule has 1 saturated heterocycles. The lowest BCUT2D eigenvalue weighted by Crippen LogP contribution is -2.51. The summed E-state index contributed by atoms with van der Waals surface area (Å²) in [6.07, 6.45) is 2.68. The Kier molecular flexibility index (Phi) is 4.96. The molecule has 28 heavy (non-hydrogen) atoms. The molecule has 4 rings (SSSR count). The molecule has 144 valence electrons. The number of ether oxygens (including phenoxy) is 1. The predicted molar refractivity (Wildman–Crippen MR) is 104 cm³/mol. The van der Waals surface area contributed by atoms with Crippen molar-refractivity contribution in [2.24, 2.45) is 0 Å². The Morgan fingerprint density at radius 1 is 1.21 bits per heavy atom. The topological polar surface area (TPSA) is 58.6 Å². The summed E-state index contributed by atoms with van der Waals surface area (Å²) < 4.78 is 19.9. The molecule has 0 aromatic heterocycles. The minimum Gasteiger partial charge on any atom is -0.374 e. The molecule has 2 atom stereocenters. The molecule has 2 aliphatic heterocycles. The van der Waals surface area contributed by atoms with Gasteiger partial charge >= 0.3 is 0 Å². The van der Waals surface area contributed by atoms with Crippen LogP contribution in [0.15, 0.2) is 55.1 Å².